The molecule has 0 heterocycles. The van der Waals surface area contributed by atoms with E-state index in [0.717, 1.165) is 12.3 Å². The summed E-state index contributed by atoms with van der Waals surface area (Å²) in [5, 5.41) is 0. The van der Waals surface area contributed by atoms with Gasteiger partial charge < -0.3 is 9.42 Å². The molecule has 1 unspecified atom stereocenters. The Labute approximate surface area is 105 Å². The first kappa shape index (κ1) is 16.5. The summed E-state index contributed by atoms with van der Waals surface area (Å²) in [5.74, 6) is 0.845. The molecule has 0 saturated carbocycles. The highest BCUT2D eigenvalue weighted by molar-refractivity contribution is 8.56. The van der Waals surface area contributed by atoms with Crippen LogP contribution in [0.15, 0.2) is 0 Å². The average Bonchev–Trinajstić information content (AvgIpc) is 1.99. The van der Waals surface area contributed by atoms with Crippen molar-refractivity contribution < 1.29 is 9.09 Å². The van der Waals surface area contributed by atoms with Crippen molar-refractivity contribution in [1.29, 1.82) is 0 Å². The lowest BCUT2D eigenvalue weighted by molar-refractivity contribution is 0.112. The van der Waals surface area contributed by atoms with E-state index < -0.39 is 6.57 Å². The van der Waals surface area contributed by atoms with E-state index in [1.165, 1.54) is 11.4 Å². The van der Waals surface area contributed by atoms with Crippen LogP contribution < -0.4 is 0 Å². The van der Waals surface area contributed by atoms with Crippen molar-refractivity contribution in [3.63, 3.8) is 0 Å². The van der Waals surface area contributed by atoms with Crippen molar-refractivity contribution in [3.8, 4) is 0 Å². The smallest absolute Gasteiger partial charge is 0.255 e. The van der Waals surface area contributed by atoms with E-state index in [0.29, 0.717) is 0 Å². The molecular weight excluding hydrogens is 241 g/mol. The molecule has 0 N–H and O–H groups in total. The van der Waals surface area contributed by atoms with E-state index in [1.807, 2.05) is 21.0 Å². The molecule has 3 nitrogen and oxygen atoms in total. The zero-order valence-corrected chi connectivity index (χ0v) is 13.3. The van der Waals surface area contributed by atoms with Crippen molar-refractivity contribution in [3.05, 3.63) is 0 Å². The number of hydrogen-bond acceptors (Lipinski definition) is 4. The Kier molecular flexibility index (Phi) is 6.64. The zero-order valence-electron chi connectivity index (χ0n) is 11.6. The number of nitrogens with zero attached hydrogens (tertiary/aromatic N) is 1. The normalized spacial score (nSPS) is 18.5. The predicted molar refractivity (Wildman–Crippen MR) is 74.5 cm³/mol. The molecule has 0 aliphatic heterocycles. The Balaban J connectivity index is 4.10. The van der Waals surface area contributed by atoms with Gasteiger partial charge in [0, 0.05) is 19.0 Å². The fraction of sp³-hybridized carbons (Fsp3) is 1.00. The van der Waals surface area contributed by atoms with Gasteiger partial charge in [0.2, 0.25) is 0 Å². The second-order valence-corrected chi connectivity index (χ2v) is 10.7. The van der Waals surface area contributed by atoms with E-state index in [2.05, 4.69) is 25.7 Å². The minimum Gasteiger partial charge on any atom is -0.318 e. The topological polar surface area (TPSA) is 29.5 Å². The van der Waals surface area contributed by atoms with Crippen LogP contribution in [0.1, 0.15) is 27.7 Å². The van der Waals surface area contributed by atoms with Gasteiger partial charge >= 0.3 is 0 Å². The lowest BCUT2D eigenvalue weighted by Gasteiger charge is -2.29. The SMILES string of the molecule is CC(O[P@](C)(=O)SCCN(C)C)C(C)(C)C. The van der Waals surface area contributed by atoms with E-state index in [-0.39, 0.29) is 11.5 Å². The van der Waals surface area contributed by atoms with Crippen LogP contribution in [-0.2, 0) is 9.09 Å². The van der Waals surface area contributed by atoms with E-state index in [9.17, 15) is 4.57 Å². The quantitative estimate of drug-likeness (QED) is 0.688. The van der Waals surface area contributed by atoms with Gasteiger partial charge in [-0.05, 0) is 26.4 Å². The highest BCUT2D eigenvalue weighted by Crippen LogP contribution is 2.58. The predicted octanol–water partition coefficient (Wildman–Crippen LogP) is 3.56. The average molecular weight is 267 g/mol. The van der Waals surface area contributed by atoms with Crippen LogP contribution in [0.5, 0.6) is 0 Å². The van der Waals surface area contributed by atoms with Crippen molar-refractivity contribution in [2.24, 2.45) is 5.41 Å². The molecule has 0 radical (unpaired) electrons. The van der Waals surface area contributed by atoms with Gasteiger partial charge in [0.15, 0.2) is 0 Å². The van der Waals surface area contributed by atoms with Gasteiger partial charge in [0.05, 0.1) is 6.10 Å². The third-order valence-corrected chi connectivity index (χ3v) is 6.18. The second-order valence-electron chi connectivity index (χ2n) is 5.52. The molecule has 0 fully saturated rings. The summed E-state index contributed by atoms with van der Waals surface area (Å²) in [5.41, 5.74) is 0.0355. The van der Waals surface area contributed by atoms with Crippen molar-refractivity contribution >= 4 is 18.0 Å². The summed E-state index contributed by atoms with van der Waals surface area (Å²) in [6, 6.07) is 0. The Hall–Kier alpha value is 0.500. The van der Waals surface area contributed by atoms with Crippen LogP contribution >= 0.6 is 18.0 Å². The maximum absolute atomic E-state index is 12.2. The molecule has 2 atom stereocenters. The molecule has 0 aliphatic carbocycles. The lowest BCUT2D eigenvalue weighted by atomic mass is 9.91. The largest absolute Gasteiger partial charge is 0.318 e. The summed E-state index contributed by atoms with van der Waals surface area (Å²) in [6.45, 7) is 8.42. The van der Waals surface area contributed by atoms with Crippen molar-refractivity contribution in [2.75, 3.05) is 33.1 Å². The van der Waals surface area contributed by atoms with Crippen LogP contribution in [-0.4, -0.2) is 44.1 Å². The van der Waals surface area contributed by atoms with E-state index >= 15 is 0 Å². The molecule has 5 heteroatoms. The van der Waals surface area contributed by atoms with E-state index in [1.54, 1.807) is 6.66 Å². The summed E-state index contributed by atoms with van der Waals surface area (Å²) < 4.78 is 17.9. The fourth-order valence-corrected chi connectivity index (χ4v) is 4.40. The minimum atomic E-state index is -2.51. The summed E-state index contributed by atoms with van der Waals surface area (Å²) in [4.78, 5) is 2.08. The van der Waals surface area contributed by atoms with Crippen molar-refractivity contribution in [2.45, 2.75) is 33.8 Å². The number of rotatable bonds is 6. The van der Waals surface area contributed by atoms with Gasteiger partial charge in [-0.15, -0.1) is 0 Å². The second kappa shape index (κ2) is 6.44. The third-order valence-electron chi connectivity index (χ3n) is 2.43. The molecule has 0 rings (SSSR count). The Morgan fingerprint density at radius 1 is 1.38 bits per heavy atom. The third kappa shape index (κ3) is 7.72. The summed E-state index contributed by atoms with van der Waals surface area (Å²) in [7, 11) is 4.03. The zero-order chi connectivity index (χ0) is 13.0. The van der Waals surface area contributed by atoms with Crippen LogP contribution in [0.2, 0.25) is 0 Å². The first-order valence-corrected chi connectivity index (χ1v) is 9.26. The monoisotopic (exact) mass is 267 g/mol. The molecule has 0 aromatic carbocycles. The van der Waals surface area contributed by atoms with Crippen molar-refractivity contribution in [1.82, 2.24) is 4.90 Å². The maximum atomic E-state index is 12.2. The summed E-state index contributed by atoms with van der Waals surface area (Å²) in [6.07, 6.45) is 0.00943. The molecule has 0 aromatic rings. The van der Waals surface area contributed by atoms with Gasteiger partial charge in [-0.2, -0.15) is 0 Å². The van der Waals surface area contributed by atoms with E-state index in [4.69, 9.17) is 4.52 Å². The fourth-order valence-electron chi connectivity index (χ4n) is 0.865. The Morgan fingerprint density at radius 2 is 1.88 bits per heavy atom. The van der Waals surface area contributed by atoms with Crippen LogP contribution in [0.4, 0.5) is 0 Å². The van der Waals surface area contributed by atoms with Crippen LogP contribution in [0, 0.1) is 5.41 Å². The molecule has 0 spiro atoms. The Morgan fingerprint density at radius 3 is 2.25 bits per heavy atom. The molecule has 0 aromatic heterocycles. The maximum Gasteiger partial charge on any atom is 0.255 e. The molecule has 0 aliphatic rings. The first-order chi connectivity index (χ1) is 7.04. The molecule has 0 saturated heterocycles. The molecular formula is C11H26NO2PS. The van der Waals surface area contributed by atoms with Crippen LogP contribution in [0.25, 0.3) is 0 Å². The molecule has 16 heavy (non-hydrogen) atoms. The van der Waals surface area contributed by atoms with Gasteiger partial charge in [0.25, 0.3) is 6.57 Å². The number of hydrogen-bond donors (Lipinski definition) is 0. The van der Waals surface area contributed by atoms with Crippen LogP contribution in [0.3, 0.4) is 0 Å². The Bertz CT molecular complexity index is 251. The lowest BCUT2D eigenvalue weighted by Crippen LogP contribution is -2.24. The van der Waals surface area contributed by atoms with Gasteiger partial charge in [-0.1, -0.05) is 32.2 Å². The first-order valence-electron chi connectivity index (χ1n) is 5.60. The molecule has 0 bridgehead atoms. The summed E-state index contributed by atoms with van der Waals surface area (Å²) >= 11 is 1.44. The molecule has 98 valence electrons. The molecule has 0 amide bonds. The highest BCUT2D eigenvalue weighted by atomic mass is 32.7. The standard InChI is InChI=1S/C11H26NO2PS/c1-10(11(2,3)4)14-15(7,13)16-9-8-12(5)6/h10H,8-9H2,1-7H3/t10?,15-/m0/s1. The van der Waals surface area contributed by atoms with Gasteiger partial charge in [-0.3, -0.25) is 4.57 Å². The van der Waals surface area contributed by atoms with Gasteiger partial charge in [-0.25, -0.2) is 0 Å². The minimum absolute atomic E-state index is 0.00943. The van der Waals surface area contributed by atoms with Gasteiger partial charge in [0.1, 0.15) is 0 Å². The highest BCUT2D eigenvalue weighted by Gasteiger charge is 2.28.